The molecule has 1 saturated heterocycles. The number of carbonyl (C=O) groups is 3. The number of fused-ring (bicyclic) bond motifs is 1. The number of benzene rings is 2. The smallest absolute Gasteiger partial charge is 0.308 e. The maximum Gasteiger partial charge on any atom is 0.308 e. The van der Waals surface area contributed by atoms with Gasteiger partial charge in [-0.1, -0.05) is 52.9 Å². The number of amides is 2. The van der Waals surface area contributed by atoms with E-state index < -0.39 is 6.17 Å². The van der Waals surface area contributed by atoms with Crippen molar-refractivity contribution in [1.82, 2.24) is 14.7 Å². The predicted octanol–water partition coefficient (Wildman–Crippen LogP) is 4.99. The van der Waals surface area contributed by atoms with Crippen LogP contribution in [0, 0.1) is 5.92 Å². The molecule has 42 heavy (non-hydrogen) atoms. The van der Waals surface area contributed by atoms with E-state index in [4.69, 9.17) is 9.47 Å². The molecular formula is C31H36FIN4O5. The number of halogens is 2. The lowest BCUT2D eigenvalue weighted by molar-refractivity contribution is -0.148. The van der Waals surface area contributed by atoms with Gasteiger partial charge in [0.15, 0.2) is 5.69 Å². The van der Waals surface area contributed by atoms with Crippen molar-refractivity contribution in [2.45, 2.75) is 61.3 Å². The summed E-state index contributed by atoms with van der Waals surface area (Å²) in [5, 5.41) is 8.17. The molecule has 1 aromatic heterocycles. The Morgan fingerprint density at radius 1 is 1.12 bits per heavy atom. The van der Waals surface area contributed by atoms with Crippen molar-refractivity contribution in [2.75, 3.05) is 25.6 Å². The Morgan fingerprint density at radius 3 is 2.62 bits per heavy atom. The Kier molecular flexibility index (Phi) is 9.77. The van der Waals surface area contributed by atoms with Crippen LogP contribution in [-0.2, 0) is 37.0 Å². The van der Waals surface area contributed by atoms with Gasteiger partial charge in [0, 0.05) is 29.0 Å². The van der Waals surface area contributed by atoms with Gasteiger partial charge in [0.2, 0.25) is 5.91 Å². The van der Waals surface area contributed by atoms with Crippen molar-refractivity contribution >= 4 is 57.0 Å². The number of hydrogen-bond acceptors (Lipinski definition) is 6. The Morgan fingerprint density at radius 2 is 1.88 bits per heavy atom. The quantitative estimate of drug-likeness (QED) is 0.193. The van der Waals surface area contributed by atoms with Crippen LogP contribution < -0.4 is 5.32 Å². The molecule has 0 unspecified atom stereocenters. The number of para-hydroxylation sites is 1. The number of methoxy groups -OCH3 is 1. The van der Waals surface area contributed by atoms with Gasteiger partial charge in [-0.15, -0.1) is 0 Å². The molecule has 0 bridgehead atoms. The van der Waals surface area contributed by atoms with Gasteiger partial charge in [-0.05, 0) is 48.9 Å². The summed E-state index contributed by atoms with van der Waals surface area (Å²) in [5.41, 5.74) is 3.58. The maximum absolute atomic E-state index is 14.5. The van der Waals surface area contributed by atoms with E-state index >= 15 is 0 Å². The monoisotopic (exact) mass is 690 g/mol. The van der Waals surface area contributed by atoms with E-state index in [0.717, 1.165) is 34.9 Å². The van der Waals surface area contributed by atoms with Crippen molar-refractivity contribution in [3.05, 3.63) is 59.3 Å². The molecule has 3 aromatic rings. The summed E-state index contributed by atoms with van der Waals surface area (Å²) in [6.07, 6.45) is 2.23. The van der Waals surface area contributed by atoms with Gasteiger partial charge in [-0.2, -0.15) is 5.10 Å². The van der Waals surface area contributed by atoms with Gasteiger partial charge in [0.05, 0.1) is 50.3 Å². The number of anilines is 1. The van der Waals surface area contributed by atoms with E-state index in [1.165, 1.54) is 7.11 Å². The second kappa shape index (κ2) is 13.5. The third-order valence-electron chi connectivity index (χ3n) is 8.31. The molecule has 2 aliphatic rings. The van der Waals surface area contributed by atoms with Gasteiger partial charge < -0.3 is 19.7 Å². The molecule has 5 rings (SSSR count). The first kappa shape index (κ1) is 30.4. The number of carbonyl (C=O) groups excluding carboxylic acids is 3. The Balaban J connectivity index is 1.19. The van der Waals surface area contributed by atoms with Crippen LogP contribution in [0.2, 0.25) is 0 Å². The summed E-state index contributed by atoms with van der Waals surface area (Å²) in [6.45, 7) is 0.346. The first-order valence-electron chi connectivity index (χ1n) is 14.3. The molecule has 1 aliphatic heterocycles. The van der Waals surface area contributed by atoms with Crippen molar-refractivity contribution in [3.63, 3.8) is 0 Å². The number of hydrogen-bond donors (Lipinski definition) is 1. The second-order valence-electron chi connectivity index (χ2n) is 11.1. The zero-order valence-electron chi connectivity index (χ0n) is 23.9. The molecular weight excluding hydrogens is 654 g/mol. The number of nitrogens with one attached hydrogen (secondary N) is 1. The van der Waals surface area contributed by atoms with Crippen molar-refractivity contribution in [2.24, 2.45) is 13.0 Å². The molecule has 2 heterocycles. The number of likely N-dealkylation sites (tertiary alicyclic amines) is 1. The fraction of sp³-hybridized carbons (Fsp3) is 0.484. The third-order valence-corrected chi connectivity index (χ3v) is 9.13. The minimum atomic E-state index is -1.08. The maximum atomic E-state index is 14.5. The molecule has 1 aliphatic carbocycles. The molecule has 2 fully saturated rings. The van der Waals surface area contributed by atoms with Crippen LogP contribution in [0.5, 0.6) is 0 Å². The Labute approximate surface area is 258 Å². The van der Waals surface area contributed by atoms with Crippen LogP contribution in [0.3, 0.4) is 0 Å². The van der Waals surface area contributed by atoms with Gasteiger partial charge >= 0.3 is 5.97 Å². The van der Waals surface area contributed by atoms with Gasteiger partial charge in [-0.25, -0.2) is 4.39 Å². The minimum absolute atomic E-state index is 0.000406. The molecule has 2 atom stereocenters. The first-order chi connectivity index (χ1) is 20.3. The zero-order valence-corrected chi connectivity index (χ0v) is 26.0. The van der Waals surface area contributed by atoms with Crippen molar-refractivity contribution in [3.8, 4) is 0 Å². The number of ether oxygens (including phenoxy) is 2. The van der Waals surface area contributed by atoms with Crippen LogP contribution in [0.4, 0.5) is 10.1 Å². The lowest BCUT2D eigenvalue weighted by Gasteiger charge is -2.30. The van der Waals surface area contributed by atoms with Gasteiger partial charge in [0.25, 0.3) is 5.91 Å². The summed E-state index contributed by atoms with van der Waals surface area (Å²) < 4.78 is 27.7. The van der Waals surface area contributed by atoms with Crippen molar-refractivity contribution < 1.29 is 28.2 Å². The molecule has 0 spiro atoms. The summed E-state index contributed by atoms with van der Waals surface area (Å²) >= 11 is 2.23. The van der Waals surface area contributed by atoms with E-state index in [2.05, 4.69) is 33.0 Å². The Bertz CT molecular complexity index is 1450. The van der Waals surface area contributed by atoms with E-state index in [1.54, 1.807) is 16.6 Å². The molecule has 2 aromatic carbocycles. The minimum Gasteiger partial charge on any atom is -0.469 e. The lowest BCUT2D eigenvalue weighted by Crippen LogP contribution is -2.40. The first-order valence-corrected chi connectivity index (χ1v) is 15.8. The number of aryl methyl sites for hydroxylation is 1. The number of nitrogens with zero attached hydrogens (tertiary/aromatic N) is 3. The molecule has 11 heteroatoms. The van der Waals surface area contributed by atoms with E-state index in [9.17, 15) is 18.8 Å². The Hall–Kier alpha value is -3.06. The fourth-order valence-electron chi connectivity index (χ4n) is 6.03. The van der Waals surface area contributed by atoms with Gasteiger partial charge in [-0.3, -0.25) is 19.1 Å². The predicted molar refractivity (Wildman–Crippen MR) is 165 cm³/mol. The summed E-state index contributed by atoms with van der Waals surface area (Å²) in [6, 6.07) is 12.8. The summed E-state index contributed by atoms with van der Waals surface area (Å²) in [7, 11) is 3.21. The van der Waals surface area contributed by atoms with Gasteiger partial charge in [0.1, 0.15) is 6.17 Å². The molecule has 9 nitrogen and oxygen atoms in total. The number of aromatic nitrogens is 2. The van der Waals surface area contributed by atoms with Crippen LogP contribution >= 0.6 is 22.6 Å². The lowest BCUT2D eigenvalue weighted by atomic mass is 9.87. The normalized spacial score (nSPS) is 22.3. The highest BCUT2D eigenvalue weighted by Crippen LogP contribution is 2.29. The summed E-state index contributed by atoms with van der Waals surface area (Å²) in [5.74, 6) is -0.704. The molecule has 0 radical (unpaired) electrons. The number of esters is 1. The van der Waals surface area contributed by atoms with E-state index in [-0.39, 0.29) is 61.8 Å². The SMILES string of the molecule is COC(=O)C1CCC(OC[C@@H]2C[C@H](F)CN2C(=O)Cc2ccc(NC(=O)c3nn(C)c4ccccc34)c(CI)c2)CC1. The summed E-state index contributed by atoms with van der Waals surface area (Å²) in [4.78, 5) is 39.8. The third kappa shape index (κ3) is 6.77. The van der Waals surface area contributed by atoms with Crippen LogP contribution in [0.1, 0.15) is 53.7 Å². The van der Waals surface area contributed by atoms with Crippen molar-refractivity contribution in [1.29, 1.82) is 0 Å². The number of rotatable bonds is 9. The fourth-order valence-corrected chi connectivity index (χ4v) is 6.66. The molecule has 1 saturated carbocycles. The average Bonchev–Trinajstić information content (AvgIpc) is 3.56. The van der Waals surface area contributed by atoms with Crippen LogP contribution in [-0.4, -0.2) is 71.0 Å². The average molecular weight is 691 g/mol. The van der Waals surface area contributed by atoms with Crippen LogP contribution in [0.25, 0.3) is 10.9 Å². The van der Waals surface area contributed by atoms with E-state index in [0.29, 0.717) is 28.7 Å². The standard InChI is InChI=1S/C31H36FIN4O5/c1-36-27-6-4-3-5-25(27)29(35-36)30(39)34-26-12-7-19(13-21(26)16-33)14-28(38)37-17-22(32)15-23(37)18-42-24-10-8-20(9-11-24)31(40)41-2/h3-7,12-13,20,22-24H,8-11,14-18H2,1-2H3,(H,34,39)/t20?,22-,23-,24?/m0/s1. The topological polar surface area (TPSA) is 103 Å². The van der Waals surface area contributed by atoms with E-state index in [1.807, 2.05) is 42.5 Å². The largest absolute Gasteiger partial charge is 0.469 e. The highest BCUT2D eigenvalue weighted by atomic mass is 127. The number of alkyl halides is 2. The highest BCUT2D eigenvalue weighted by Gasteiger charge is 2.36. The van der Waals surface area contributed by atoms with Crippen LogP contribution in [0.15, 0.2) is 42.5 Å². The molecule has 224 valence electrons. The molecule has 2 amide bonds. The second-order valence-corrected chi connectivity index (χ2v) is 11.9. The highest BCUT2D eigenvalue weighted by molar-refractivity contribution is 14.1. The zero-order chi connectivity index (χ0) is 29.8. The molecule has 1 N–H and O–H groups in total.